The summed E-state index contributed by atoms with van der Waals surface area (Å²) in [4.78, 5) is 13.0. The van der Waals surface area contributed by atoms with Crippen LogP contribution in [0.1, 0.15) is 24.3 Å². The van der Waals surface area contributed by atoms with Crippen LogP contribution < -0.4 is 5.73 Å². The van der Waals surface area contributed by atoms with Crippen molar-refractivity contribution in [1.82, 2.24) is 25.1 Å². The number of nitrogens with zero attached hydrogens (tertiary/aromatic N) is 5. The van der Waals surface area contributed by atoms with E-state index in [9.17, 15) is 5.11 Å². The molecule has 0 spiro atoms. The summed E-state index contributed by atoms with van der Waals surface area (Å²) in [6.07, 6.45) is 3.32. The Balaban J connectivity index is 1.69. The monoisotopic (exact) mass is 372 g/mol. The lowest BCUT2D eigenvalue weighted by atomic mass is 10.1. The molecule has 1 aromatic carbocycles. The molecule has 28 heavy (non-hydrogen) atoms. The summed E-state index contributed by atoms with van der Waals surface area (Å²) in [7, 11) is 0. The molecule has 3 heterocycles. The molecule has 8 nitrogen and oxygen atoms in total. The number of hydrogen-bond acceptors (Lipinski definition) is 8. The van der Waals surface area contributed by atoms with Crippen molar-refractivity contribution in [3.8, 4) is 23.2 Å². The summed E-state index contributed by atoms with van der Waals surface area (Å²) in [5.74, 6) is 6.96. The van der Waals surface area contributed by atoms with Gasteiger partial charge in [-0.1, -0.05) is 24.0 Å². The van der Waals surface area contributed by atoms with Crippen molar-refractivity contribution in [1.29, 1.82) is 0 Å². The zero-order valence-electron chi connectivity index (χ0n) is 15.2. The number of pyridine rings is 1. The van der Waals surface area contributed by atoms with E-state index in [0.29, 0.717) is 28.6 Å². The van der Waals surface area contributed by atoms with Crippen LogP contribution in [0.25, 0.3) is 22.3 Å². The van der Waals surface area contributed by atoms with Crippen LogP contribution in [0.5, 0.6) is 0 Å². The molecule has 4 aromatic rings. The van der Waals surface area contributed by atoms with Gasteiger partial charge in [-0.05, 0) is 25.1 Å². The minimum absolute atomic E-state index is 0.0505. The highest BCUT2D eigenvalue weighted by molar-refractivity contribution is 5.87. The molecule has 138 valence electrons. The van der Waals surface area contributed by atoms with E-state index in [2.05, 4.69) is 37.0 Å². The maximum absolute atomic E-state index is 10.5. The summed E-state index contributed by atoms with van der Waals surface area (Å²) < 4.78 is 5.27. The van der Waals surface area contributed by atoms with Gasteiger partial charge >= 0.3 is 0 Å². The van der Waals surface area contributed by atoms with Gasteiger partial charge in [0, 0.05) is 35.8 Å². The fraction of sp³-hybridized carbons (Fsp3) is 0.150. The number of fused-ring (bicyclic) bond motifs is 1. The zero-order valence-corrected chi connectivity index (χ0v) is 15.2. The molecule has 0 aliphatic heterocycles. The molecule has 8 heteroatoms. The van der Waals surface area contributed by atoms with Crippen LogP contribution in [0.3, 0.4) is 0 Å². The third kappa shape index (κ3) is 3.39. The Kier molecular flexibility index (Phi) is 4.22. The minimum atomic E-state index is -1.56. The SMILES string of the molecule is Cc1nnc(C(C)(O)C#Cc2cccc(-c3ncc4ccnc(N)c4n3)c2)o1. The van der Waals surface area contributed by atoms with E-state index in [0.717, 1.165) is 10.9 Å². The number of aryl methyl sites for hydroxylation is 1. The van der Waals surface area contributed by atoms with E-state index in [1.54, 1.807) is 25.4 Å². The number of nitrogens with two attached hydrogens (primary N) is 1. The van der Waals surface area contributed by atoms with Gasteiger partial charge in [-0.3, -0.25) is 0 Å². The highest BCUT2D eigenvalue weighted by atomic mass is 16.4. The first-order chi connectivity index (χ1) is 13.4. The maximum Gasteiger partial charge on any atom is 0.260 e. The Morgan fingerprint density at radius 2 is 2.04 bits per heavy atom. The van der Waals surface area contributed by atoms with Crippen molar-refractivity contribution < 1.29 is 9.52 Å². The molecular formula is C20H16N6O2. The van der Waals surface area contributed by atoms with E-state index in [1.165, 1.54) is 6.92 Å². The van der Waals surface area contributed by atoms with Crippen molar-refractivity contribution in [3.63, 3.8) is 0 Å². The van der Waals surface area contributed by atoms with Crippen molar-refractivity contribution >= 4 is 16.7 Å². The number of aromatic nitrogens is 5. The van der Waals surface area contributed by atoms with Crippen LogP contribution in [0.2, 0.25) is 0 Å². The van der Waals surface area contributed by atoms with Crippen LogP contribution in [0, 0.1) is 18.8 Å². The van der Waals surface area contributed by atoms with Gasteiger partial charge in [-0.2, -0.15) is 0 Å². The lowest BCUT2D eigenvalue weighted by molar-refractivity contribution is 0.0881. The summed E-state index contributed by atoms with van der Waals surface area (Å²) in [6, 6.07) is 9.17. The van der Waals surface area contributed by atoms with Crippen LogP contribution in [0.15, 0.2) is 47.1 Å². The average molecular weight is 372 g/mol. The molecule has 0 aliphatic carbocycles. The maximum atomic E-state index is 10.5. The molecular weight excluding hydrogens is 356 g/mol. The summed E-state index contributed by atoms with van der Waals surface area (Å²) in [5.41, 5.74) is 6.40. The van der Waals surface area contributed by atoms with Crippen molar-refractivity contribution in [2.75, 3.05) is 5.73 Å². The largest absolute Gasteiger partial charge is 0.421 e. The van der Waals surface area contributed by atoms with Crippen LogP contribution in [0.4, 0.5) is 5.82 Å². The quantitative estimate of drug-likeness (QED) is 0.513. The Bertz CT molecular complexity index is 1240. The van der Waals surface area contributed by atoms with E-state index < -0.39 is 5.60 Å². The first kappa shape index (κ1) is 17.6. The van der Waals surface area contributed by atoms with Gasteiger partial charge in [0.25, 0.3) is 5.89 Å². The van der Waals surface area contributed by atoms with Crippen LogP contribution in [-0.2, 0) is 5.60 Å². The van der Waals surface area contributed by atoms with Gasteiger partial charge in [0.05, 0.1) is 0 Å². The molecule has 3 aromatic heterocycles. The number of hydrogen-bond donors (Lipinski definition) is 2. The Hall–Kier alpha value is -3.83. The van der Waals surface area contributed by atoms with E-state index >= 15 is 0 Å². The Morgan fingerprint density at radius 1 is 1.18 bits per heavy atom. The van der Waals surface area contributed by atoms with E-state index in [4.69, 9.17) is 10.2 Å². The second-order valence-electron chi connectivity index (χ2n) is 6.36. The number of anilines is 1. The van der Waals surface area contributed by atoms with Crippen molar-refractivity contribution in [2.24, 2.45) is 0 Å². The summed E-state index contributed by atoms with van der Waals surface area (Å²) >= 11 is 0. The number of nitrogen functional groups attached to an aromatic ring is 1. The number of benzene rings is 1. The highest BCUT2D eigenvalue weighted by Gasteiger charge is 2.27. The third-order valence-corrected chi connectivity index (χ3v) is 4.04. The molecule has 4 rings (SSSR count). The van der Waals surface area contributed by atoms with Gasteiger partial charge in [0.15, 0.2) is 5.82 Å². The van der Waals surface area contributed by atoms with Gasteiger partial charge in [-0.15, -0.1) is 10.2 Å². The molecule has 0 fully saturated rings. The smallest absolute Gasteiger partial charge is 0.260 e. The standard InChI is InChI=1S/C20H16N6O2/c1-12-25-26-19(28-12)20(2,27)8-6-13-4-3-5-14(10-13)18-23-11-15-7-9-22-17(21)16(15)24-18/h3-5,7,9-11,27H,1-2H3,(H2,21,22). The van der Waals surface area contributed by atoms with Gasteiger partial charge in [-0.25, -0.2) is 15.0 Å². The zero-order chi connectivity index (χ0) is 19.7. The predicted octanol–water partition coefficient (Wildman–Crippen LogP) is 2.22. The third-order valence-electron chi connectivity index (χ3n) is 4.04. The summed E-state index contributed by atoms with van der Waals surface area (Å²) in [6.45, 7) is 3.15. The molecule has 0 aliphatic rings. The predicted molar refractivity (Wildman–Crippen MR) is 103 cm³/mol. The molecule has 0 radical (unpaired) electrons. The fourth-order valence-corrected chi connectivity index (χ4v) is 2.59. The second-order valence-corrected chi connectivity index (χ2v) is 6.36. The van der Waals surface area contributed by atoms with Gasteiger partial charge < -0.3 is 15.3 Å². The topological polar surface area (TPSA) is 124 Å². The first-order valence-electron chi connectivity index (χ1n) is 8.46. The number of aliphatic hydroxyl groups is 1. The van der Waals surface area contributed by atoms with Gasteiger partial charge in [0.1, 0.15) is 11.3 Å². The van der Waals surface area contributed by atoms with E-state index in [1.807, 2.05) is 24.3 Å². The van der Waals surface area contributed by atoms with Crippen LogP contribution >= 0.6 is 0 Å². The molecule has 0 amide bonds. The average Bonchev–Trinajstić information content (AvgIpc) is 3.14. The Labute approximate surface area is 160 Å². The molecule has 1 atom stereocenters. The van der Waals surface area contributed by atoms with Gasteiger partial charge in [0.2, 0.25) is 11.5 Å². The molecule has 0 saturated heterocycles. The normalized spacial score (nSPS) is 13.0. The van der Waals surface area contributed by atoms with Crippen LogP contribution in [-0.4, -0.2) is 30.3 Å². The van der Waals surface area contributed by atoms with Crippen molar-refractivity contribution in [3.05, 3.63) is 60.1 Å². The molecule has 0 bridgehead atoms. The number of rotatable bonds is 2. The second kappa shape index (κ2) is 6.72. The summed E-state index contributed by atoms with van der Waals surface area (Å²) in [5, 5.41) is 18.8. The fourth-order valence-electron chi connectivity index (χ4n) is 2.59. The first-order valence-corrected chi connectivity index (χ1v) is 8.46. The molecule has 1 unspecified atom stereocenters. The molecule has 0 saturated carbocycles. The Morgan fingerprint density at radius 3 is 2.82 bits per heavy atom. The minimum Gasteiger partial charge on any atom is -0.421 e. The van der Waals surface area contributed by atoms with E-state index in [-0.39, 0.29) is 5.89 Å². The lowest BCUT2D eigenvalue weighted by Gasteiger charge is -2.10. The lowest BCUT2D eigenvalue weighted by Crippen LogP contribution is -2.19. The molecule has 3 N–H and O–H groups in total. The van der Waals surface area contributed by atoms with Crippen molar-refractivity contribution in [2.45, 2.75) is 19.4 Å². The highest BCUT2D eigenvalue weighted by Crippen LogP contribution is 2.22.